The van der Waals surface area contributed by atoms with Gasteiger partial charge in [0.15, 0.2) is 0 Å². The van der Waals surface area contributed by atoms with Gasteiger partial charge in [0.2, 0.25) is 0 Å². The molecule has 3 aromatic rings. The average Bonchev–Trinajstić information content (AvgIpc) is 3.18. The zero-order valence-corrected chi connectivity index (χ0v) is 16.2. The van der Waals surface area contributed by atoms with Gasteiger partial charge in [0, 0.05) is 5.39 Å². The maximum atomic E-state index is 13.8. The molecule has 1 saturated carbocycles. The molecule has 0 unspecified atom stereocenters. The number of fused-ring (bicyclic) bond motifs is 1. The molecule has 0 saturated heterocycles. The summed E-state index contributed by atoms with van der Waals surface area (Å²) in [7, 11) is 0. The second-order valence-corrected chi connectivity index (χ2v) is 7.60. The molecule has 1 aliphatic rings. The van der Waals surface area contributed by atoms with E-state index in [0.717, 1.165) is 36.8 Å². The maximum Gasteiger partial charge on any atom is 0.313 e. The Labute approximate surface area is 168 Å². The van der Waals surface area contributed by atoms with E-state index in [2.05, 4.69) is 21.7 Å². The van der Waals surface area contributed by atoms with Crippen molar-refractivity contribution < 1.29 is 14.0 Å². The lowest BCUT2D eigenvalue weighted by Gasteiger charge is -2.31. The molecule has 0 spiro atoms. The number of carbonyl (C=O) groups excluding carboxylic acids is 2. The van der Waals surface area contributed by atoms with Gasteiger partial charge in [-0.2, -0.15) is 0 Å². The van der Waals surface area contributed by atoms with Crippen LogP contribution in [0.3, 0.4) is 0 Å². The Morgan fingerprint density at radius 1 is 1.03 bits per heavy atom. The summed E-state index contributed by atoms with van der Waals surface area (Å²) in [6.07, 6.45) is 4.94. The molecule has 1 fully saturated rings. The quantitative estimate of drug-likeness (QED) is 0.657. The molecule has 29 heavy (non-hydrogen) atoms. The smallest absolute Gasteiger partial charge is 0.313 e. The van der Waals surface area contributed by atoms with Crippen molar-refractivity contribution in [3.63, 3.8) is 0 Å². The Balaban J connectivity index is 1.52. The minimum Gasteiger partial charge on any atom is -0.338 e. The number of pyridine rings is 1. The predicted molar refractivity (Wildman–Crippen MR) is 110 cm³/mol. The summed E-state index contributed by atoms with van der Waals surface area (Å²) < 4.78 is 13.8. The van der Waals surface area contributed by atoms with Gasteiger partial charge in [0.1, 0.15) is 11.3 Å². The lowest BCUT2D eigenvalue weighted by atomic mass is 9.87. The topological polar surface area (TPSA) is 71.1 Å². The van der Waals surface area contributed by atoms with Crippen LogP contribution in [0.5, 0.6) is 0 Å². The first-order valence-electron chi connectivity index (χ1n) is 9.72. The van der Waals surface area contributed by atoms with Crippen LogP contribution in [0.2, 0.25) is 0 Å². The van der Waals surface area contributed by atoms with Crippen LogP contribution in [0, 0.1) is 12.7 Å². The number of halogens is 1. The first-order chi connectivity index (χ1) is 14.0. The SMILES string of the molecule is Cc1cccc(C2(NC(=O)C(=O)Nc3cnc4c(F)cccc4c3)CCCC2)c1. The van der Waals surface area contributed by atoms with E-state index in [0.29, 0.717) is 11.1 Å². The standard InChI is InChI=1S/C23H22FN3O2/c1-15-6-4-8-17(12-15)23(10-2-3-11-23)27-22(29)21(28)26-18-13-16-7-5-9-19(24)20(16)25-14-18/h4-9,12-14H,2-3,10-11H2,1H3,(H,26,28)(H,27,29). The third-order valence-electron chi connectivity index (χ3n) is 5.51. The highest BCUT2D eigenvalue weighted by Crippen LogP contribution is 2.39. The van der Waals surface area contributed by atoms with Crippen molar-refractivity contribution in [3.05, 3.63) is 71.7 Å². The number of hydrogen-bond donors (Lipinski definition) is 2. The highest BCUT2D eigenvalue weighted by molar-refractivity contribution is 6.39. The summed E-state index contributed by atoms with van der Waals surface area (Å²) in [5, 5.41) is 6.09. The number of benzene rings is 2. The minimum atomic E-state index is -0.763. The summed E-state index contributed by atoms with van der Waals surface area (Å²) in [4.78, 5) is 29.2. The minimum absolute atomic E-state index is 0.222. The van der Waals surface area contributed by atoms with Crippen LogP contribution < -0.4 is 10.6 Å². The van der Waals surface area contributed by atoms with Gasteiger partial charge in [-0.1, -0.05) is 54.8 Å². The predicted octanol–water partition coefficient (Wildman–Crippen LogP) is 4.21. The van der Waals surface area contributed by atoms with Gasteiger partial charge in [-0.05, 0) is 37.5 Å². The van der Waals surface area contributed by atoms with Crippen molar-refractivity contribution in [1.82, 2.24) is 10.3 Å². The van der Waals surface area contributed by atoms with E-state index < -0.39 is 23.2 Å². The molecule has 0 aliphatic heterocycles. The number of anilines is 1. The summed E-state index contributed by atoms with van der Waals surface area (Å²) in [6.45, 7) is 2.01. The lowest BCUT2D eigenvalue weighted by molar-refractivity contribution is -0.137. The van der Waals surface area contributed by atoms with Crippen LogP contribution in [-0.4, -0.2) is 16.8 Å². The number of rotatable bonds is 3. The van der Waals surface area contributed by atoms with E-state index in [-0.39, 0.29) is 5.52 Å². The molecule has 148 valence electrons. The largest absolute Gasteiger partial charge is 0.338 e. The molecule has 1 aromatic heterocycles. The molecule has 0 bridgehead atoms. The van der Waals surface area contributed by atoms with Gasteiger partial charge in [0.25, 0.3) is 0 Å². The monoisotopic (exact) mass is 391 g/mol. The van der Waals surface area contributed by atoms with Crippen molar-refractivity contribution in [1.29, 1.82) is 0 Å². The fraction of sp³-hybridized carbons (Fsp3) is 0.261. The van der Waals surface area contributed by atoms with E-state index in [9.17, 15) is 14.0 Å². The molecule has 6 heteroatoms. The Morgan fingerprint density at radius 3 is 2.55 bits per heavy atom. The lowest BCUT2D eigenvalue weighted by Crippen LogP contribution is -2.48. The second-order valence-electron chi connectivity index (χ2n) is 7.60. The van der Waals surface area contributed by atoms with Crippen LogP contribution in [0.1, 0.15) is 36.8 Å². The van der Waals surface area contributed by atoms with Crippen molar-refractivity contribution in [2.24, 2.45) is 0 Å². The average molecular weight is 391 g/mol. The van der Waals surface area contributed by atoms with Gasteiger partial charge >= 0.3 is 11.8 Å². The molecule has 1 heterocycles. The number of nitrogens with one attached hydrogen (secondary N) is 2. The molecule has 2 aromatic carbocycles. The van der Waals surface area contributed by atoms with Crippen molar-refractivity contribution in [3.8, 4) is 0 Å². The third-order valence-corrected chi connectivity index (χ3v) is 5.51. The molecule has 2 amide bonds. The Morgan fingerprint density at radius 2 is 1.79 bits per heavy atom. The van der Waals surface area contributed by atoms with E-state index >= 15 is 0 Å². The zero-order valence-electron chi connectivity index (χ0n) is 16.2. The van der Waals surface area contributed by atoms with Gasteiger partial charge in [-0.25, -0.2) is 4.39 Å². The van der Waals surface area contributed by atoms with Gasteiger partial charge < -0.3 is 10.6 Å². The summed E-state index contributed by atoms with van der Waals surface area (Å²) in [5.74, 6) is -1.88. The van der Waals surface area contributed by atoms with Crippen LogP contribution in [0.15, 0.2) is 54.7 Å². The fourth-order valence-corrected chi connectivity index (χ4v) is 4.06. The van der Waals surface area contributed by atoms with E-state index in [1.54, 1.807) is 18.2 Å². The number of nitrogens with zero attached hydrogens (tertiary/aromatic N) is 1. The van der Waals surface area contributed by atoms with Crippen LogP contribution in [-0.2, 0) is 15.1 Å². The molecule has 1 aliphatic carbocycles. The third kappa shape index (κ3) is 3.83. The number of carbonyl (C=O) groups is 2. The normalized spacial score (nSPS) is 15.2. The van der Waals surface area contributed by atoms with Crippen molar-refractivity contribution in [2.45, 2.75) is 38.1 Å². The molecular weight excluding hydrogens is 369 g/mol. The number of para-hydroxylation sites is 1. The number of aromatic nitrogens is 1. The summed E-state index contributed by atoms with van der Waals surface area (Å²) >= 11 is 0. The summed E-state index contributed by atoms with van der Waals surface area (Å²) in [6, 6.07) is 14.2. The first kappa shape index (κ1) is 19.1. The van der Waals surface area contributed by atoms with Crippen molar-refractivity contribution in [2.75, 3.05) is 5.32 Å². The number of aryl methyl sites for hydroxylation is 1. The van der Waals surface area contributed by atoms with E-state index in [1.165, 1.54) is 12.3 Å². The zero-order chi connectivity index (χ0) is 20.4. The van der Waals surface area contributed by atoms with Crippen molar-refractivity contribution >= 4 is 28.4 Å². The van der Waals surface area contributed by atoms with Gasteiger partial charge in [0.05, 0.1) is 17.4 Å². The molecule has 2 N–H and O–H groups in total. The Bertz CT molecular complexity index is 1090. The molecule has 0 radical (unpaired) electrons. The van der Waals surface area contributed by atoms with Crippen LogP contribution in [0.25, 0.3) is 10.9 Å². The van der Waals surface area contributed by atoms with Crippen LogP contribution in [0.4, 0.5) is 10.1 Å². The second kappa shape index (κ2) is 7.62. The first-order valence-corrected chi connectivity index (χ1v) is 9.72. The van der Waals surface area contributed by atoms with Gasteiger partial charge in [-0.15, -0.1) is 0 Å². The Hall–Kier alpha value is -3.28. The summed E-state index contributed by atoms with van der Waals surface area (Å²) in [5.41, 5.74) is 2.19. The number of hydrogen-bond acceptors (Lipinski definition) is 3. The van der Waals surface area contributed by atoms with Crippen LogP contribution >= 0.6 is 0 Å². The maximum absolute atomic E-state index is 13.8. The highest BCUT2D eigenvalue weighted by atomic mass is 19.1. The molecule has 4 rings (SSSR count). The van der Waals surface area contributed by atoms with Gasteiger partial charge in [-0.3, -0.25) is 14.6 Å². The van der Waals surface area contributed by atoms with E-state index in [4.69, 9.17) is 0 Å². The molecular formula is C23H22FN3O2. The number of amides is 2. The highest BCUT2D eigenvalue weighted by Gasteiger charge is 2.38. The molecule has 5 nitrogen and oxygen atoms in total. The van der Waals surface area contributed by atoms with E-state index in [1.807, 2.05) is 25.1 Å². The fourth-order valence-electron chi connectivity index (χ4n) is 4.06. The Kier molecular flexibility index (Phi) is 5.01. The molecule has 0 atom stereocenters.